The van der Waals surface area contributed by atoms with Crippen LogP contribution in [-0.2, 0) is 11.2 Å². The summed E-state index contributed by atoms with van der Waals surface area (Å²) in [6.07, 6.45) is 11.7. The lowest BCUT2D eigenvalue weighted by molar-refractivity contribution is -0.116. The topological polar surface area (TPSA) is 108 Å². The third kappa shape index (κ3) is 3.69. The minimum absolute atomic E-state index is 0.00384. The van der Waals surface area contributed by atoms with Gasteiger partial charge in [0, 0.05) is 30.4 Å². The van der Waals surface area contributed by atoms with E-state index in [4.69, 9.17) is 4.98 Å². The number of nitrogens with one attached hydrogen (secondary N) is 4. The molecule has 4 aromatic rings. The van der Waals surface area contributed by atoms with Gasteiger partial charge in [-0.15, -0.1) is 0 Å². The molecule has 1 aromatic carbocycles. The summed E-state index contributed by atoms with van der Waals surface area (Å²) < 4.78 is 0. The fourth-order valence-corrected chi connectivity index (χ4v) is 6.07. The number of aromatic amines is 1. The number of imidazole rings is 1. The van der Waals surface area contributed by atoms with Gasteiger partial charge in [0.25, 0.3) is 0 Å². The molecule has 2 fully saturated rings. The molecule has 4 unspecified atom stereocenters. The number of benzene rings is 1. The summed E-state index contributed by atoms with van der Waals surface area (Å²) in [4.78, 5) is 30.4. The molecule has 8 heteroatoms. The summed E-state index contributed by atoms with van der Waals surface area (Å²) in [6, 6.07) is 10.9. The van der Waals surface area contributed by atoms with Gasteiger partial charge in [-0.3, -0.25) is 20.2 Å². The Bertz CT molecular complexity index is 1430. The van der Waals surface area contributed by atoms with Gasteiger partial charge in [-0.1, -0.05) is 24.3 Å². The number of anilines is 1. The van der Waals surface area contributed by atoms with E-state index >= 15 is 0 Å². The number of rotatable bonds is 0. The molecule has 3 aliphatic rings. The third-order valence-corrected chi connectivity index (χ3v) is 7.85. The number of H-pyrrole nitrogens is 1. The maximum absolute atomic E-state index is 12.7. The first-order valence-electron chi connectivity index (χ1n) is 12.4. The van der Waals surface area contributed by atoms with Crippen molar-refractivity contribution >= 4 is 22.6 Å². The molecule has 1 saturated heterocycles. The summed E-state index contributed by atoms with van der Waals surface area (Å²) in [6.45, 7) is 0. The van der Waals surface area contributed by atoms with E-state index in [-0.39, 0.29) is 11.9 Å². The average molecular weight is 466 g/mol. The number of hydrogen-bond donors (Lipinski definition) is 4. The molecule has 5 heterocycles. The van der Waals surface area contributed by atoms with Crippen LogP contribution < -0.4 is 16.2 Å². The molecule has 35 heavy (non-hydrogen) atoms. The number of amides is 1. The van der Waals surface area contributed by atoms with Crippen LogP contribution in [-0.4, -0.2) is 31.9 Å². The van der Waals surface area contributed by atoms with Crippen molar-refractivity contribution in [3.63, 3.8) is 0 Å². The fourth-order valence-electron chi connectivity index (χ4n) is 6.07. The molecule has 2 aliphatic heterocycles. The lowest BCUT2D eigenvalue weighted by atomic mass is 9.73. The second-order valence-corrected chi connectivity index (χ2v) is 10.0. The molecular weight excluding hydrogens is 438 g/mol. The summed E-state index contributed by atoms with van der Waals surface area (Å²) in [7, 11) is 0. The maximum atomic E-state index is 12.7. The van der Waals surface area contributed by atoms with E-state index in [1.54, 1.807) is 6.20 Å². The molecule has 1 amide bonds. The van der Waals surface area contributed by atoms with Gasteiger partial charge in [0.1, 0.15) is 5.82 Å². The molecule has 4 N–H and O–H groups in total. The zero-order valence-corrected chi connectivity index (χ0v) is 19.3. The molecule has 1 aliphatic carbocycles. The normalized spacial score (nSPS) is 25.8. The molecule has 0 radical (unpaired) electrons. The van der Waals surface area contributed by atoms with Gasteiger partial charge >= 0.3 is 0 Å². The number of pyridine rings is 2. The summed E-state index contributed by atoms with van der Waals surface area (Å²) >= 11 is 0. The average Bonchev–Trinajstić information content (AvgIpc) is 3.51. The maximum Gasteiger partial charge on any atom is 0.224 e. The first-order chi connectivity index (χ1) is 17.2. The Kier molecular flexibility index (Phi) is 4.89. The van der Waals surface area contributed by atoms with Crippen molar-refractivity contribution in [1.29, 1.82) is 0 Å². The minimum atomic E-state index is 0.00384. The first-order valence-corrected chi connectivity index (χ1v) is 12.4. The van der Waals surface area contributed by atoms with E-state index in [0.717, 1.165) is 58.5 Å². The van der Waals surface area contributed by atoms with Gasteiger partial charge in [-0.25, -0.2) is 10.4 Å². The van der Waals surface area contributed by atoms with E-state index in [1.165, 1.54) is 5.56 Å². The van der Waals surface area contributed by atoms with Crippen LogP contribution in [0.25, 0.3) is 22.2 Å². The van der Waals surface area contributed by atoms with E-state index < -0.39 is 0 Å². The SMILES string of the molecule is O=C1CCc2cccc(c2)-c2cncc3[nH]c(nc23)C2NNC3CCC(CC32)c2cncc(c2)N1. The van der Waals surface area contributed by atoms with Crippen LogP contribution in [0.2, 0.25) is 0 Å². The van der Waals surface area contributed by atoms with Crippen molar-refractivity contribution < 1.29 is 4.79 Å². The van der Waals surface area contributed by atoms with Crippen molar-refractivity contribution in [3.05, 3.63) is 72.1 Å². The summed E-state index contributed by atoms with van der Waals surface area (Å²) in [5, 5.41) is 3.06. The Labute approximate surface area is 203 Å². The molecule has 3 aromatic heterocycles. The second kappa shape index (κ2) is 8.25. The van der Waals surface area contributed by atoms with Crippen molar-refractivity contribution in [2.75, 3.05) is 5.32 Å². The lowest BCUT2D eigenvalue weighted by Crippen LogP contribution is -2.34. The van der Waals surface area contributed by atoms with E-state index in [1.807, 2.05) is 24.7 Å². The van der Waals surface area contributed by atoms with Crippen molar-refractivity contribution in [3.8, 4) is 11.1 Å². The monoisotopic (exact) mass is 465 g/mol. The third-order valence-electron chi connectivity index (χ3n) is 7.85. The highest BCUT2D eigenvalue weighted by molar-refractivity contribution is 5.92. The lowest BCUT2D eigenvalue weighted by Gasteiger charge is -2.33. The van der Waals surface area contributed by atoms with Gasteiger partial charge in [0.15, 0.2) is 0 Å². The molecule has 1 saturated carbocycles. The minimum Gasteiger partial charge on any atom is -0.339 e. The van der Waals surface area contributed by atoms with E-state index in [0.29, 0.717) is 30.7 Å². The highest BCUT2D eigenvalue weighted by atomic mass is 16.1. The highest BCUT2D eigenvalue weighted by Gasteiger charge is 2.42. The Hall–Kier alpha value is -3.62. The predicted molar refractivity (Wildman–Crippen MR) is 133 cm³/mol. The standard InChI is InChI=1S/C27H27N7O/c35-24-7-4-15-2-1-3-17(8-15)21-13-29-14-23-25(21)32-27(31-23)26-20-10-16(5-6-22(20)33-34-26)18-9-19(30-24)12-28-11-18/h1-3,8-9,11-14,16,20,22,26,33-34H,4-7,10H2,(H,30,35)(H,31,32). The van der Waals surface area contributed by atoms with Gasteiger partial charge in [0.05, 0.1) is 35.2 Å². The van der Waals surface area contributed by atoms with Crippen molar-refractivity contribution in [1.82, 2.24) is 30.8 Å². The molecule has 0 spiro atoms. The number of aromatic nitrogens is 4. The van der Waals surface area contributed by atoms with Crippen LogP contribution in [0.4, 0.5) is 5.69 Å². The molecule has 8 nitrogen and oxygen atoms in total. The van der Waals surface area contributed by atoms with Gasteiger partial charge < -0.3 is 10.3 Å². The van der Waals surface area contributed by atoms with Crippen LogP contribution >= 0.6 is 0 Å². The summed E-state index contributed by atoms with van der Waals surface area (Å²) in [5.74, 6) is 1.74. The molecule has 4 atom stereocenters. The van der Waals surface area contributed by atoms with Crippen LogP contribution in [0.15, 0.2) is 55.1 Å². The number of carbonyl (C=O) groups is 1. The van der Waals surface area contributed by atoms with Crippen LogP contribution in [0, 0.1) is 5.92 Å². The summed E-state index contributed by atoms with van der Waals surface area (Å²) in [5.41, 5.74) is 14.1. The number of fused-ring (bicyclic) bond motifs is 9. The Morgan fingerprint density at radius 2 is 1.89 bits per heavy atom. The van der Waals surface area contributed by atoms with Gasteiger partial charge in [-0.2, -0.15) is 0 Å². The van der Waals surface area contributed by atoms with Crippen LogP contribution in [0.3, 0.4) is 0 Å². The number of hydrazine groups is 1. The first kappa shape index (κ1) is 20.7. The number of nitrogens with zero attached hydrogens (tertiary/aromatic N) is 3. The fraction of sp³-hybridized carbons (Fsp3) is 0.333. The van der Waals surface area contributed by atoms with Crippen molar-refractivity contribution in [2.24, 2.45) is 5.92 Å². The van der Waals surface area contributed by atoms with E-state index in [9.17, 15) is 4.79 Å². The highest BCUT2D eigenvalue weighted by Crippen LogP contribution is 2.44. The van der Waals surface area contributed by atoms with Crippen LogP contribution in [0.5, 0.6) is 0 Å². The van der Waals surface area contributed by atoms with Crippen molar-refractivity contribution in [2.45, 2.75) is 50.1 Å². The molecular formula is C27H27N7O. The second-order valence-electron chi connectivity index (χ2n) is 10.0. The van der Waals surface area contributed by atoms with Gasteiger partial charge in [0.2, 0.25) is 5.91 Å². The Balaban J connectivity index is 1.35. The predicted octanol–water partition coefficient (Wildman–Crippen LogP) is 4.01. The smallest absolute Gasteiger partial charge is 0.224 e. The molecule has 8 bridgehead atoms. The molecule has 7 rings (SSSR count). The number of carbonyl (C=O) groups excluding carboxylic acids is 1. The van der Waals surface area contributed by atoms with E-state index in [2.05, 4.69) is 55.4 Å². The van der Waals surface area contributed by atoms with Crippen LogP contribution in [0.1, 0.15) is 54.6 Å². The zero-order valence-electron chi connectivity index (χ0n) is 19.3. The Morgan fingerprint density at radius 1 is 0.943 bits per heavy atom. The zero-order chi connectivity index (χ0) is 23.4. The number of aryl methyl sites for hydroxylation is 1. The van der Waals surface area contributed by atoms with Gasteiger partial charge in [-0.05, 0) is 60.3 Å². The quantitative estimate of drug-likeness (QED) is 0.313. The largest absolute Gasteiger partial charge is 0.339 e. The number of hydrogen-bond acceptors (Lipinski definition) is 6. The Morgan fingerprint density at radius 3 is 2.86 bits per heavy atom. The molecule has 176 valence electrons.